The fourth-order valence-electron chi connectivity index (χ4n) is 2.19. The van der Waals surface area contributed by atoms with Gasteiger partial charge in [0, 0.05) is 18.6 Å². The van der Waals surface area contributed by atoms with Crippen molar-refractivity contribution in [3.63, 3.8) is 0 Å². The molecule has 1 aromatic carbocycles. The number of nitrogens with zero attached hydrogens (tertiary/aromatic N) is 1. The minimum atomic E-state index is -0.303. The SMILES string of the molecule is CC(C(N)=O)[N+]1=CC(C)(C)c2ccccc21. The Hall–Kier alpha value is -1.64. The van der Waals surface area contributed by atoms with Gasteiger partial charge in [-0.15, -0.1) is 0 Å². The minimum Gasteiger partial charge on any atom is -0.364 e. The second-order valence-electron chi connectivity index (χ2n) is 4.85. The first-order valence-electron chi connectivity index (χ1n) is 5.46. The van der Waals surface area contributed by atoms with Crippen molar-refractivity contribution in [1.29, 1.82) is 0 Å². The molecule has 0 fully saturated rings. The summed E-state index contributed by atoms with van der Waals surface area (Å²) in [6.07, 6.45) is 2.08. The van der Waals surface area contributed by atoms with Gasteiger partial charge in [0.25, 0.3) is 5.91 Å². The van der Waals surface area contributed by atoms with E-state index in [2.05, 4.69) is 26.1 Å². The van der Waals surface area contributed by atoms with Crippen LogP contribution >= 0.6 is 0 Å². The summed E-state index contributed by atoms with van der Waals surface area (Å²) in [5, 5.41) is 0. The van der Waals surface area contributed by atoms with Crippen LogP contribution in [-0.2, 0) is 10.2 Å². The number of hydrogen-bond donors (Lipinski definition) is 1. The molecule has 1 aromatic rings. The molecule has 84 valence electrons. The molecule has 0 saturated carbocycles. The first kappa shape index (κ1) is 10.9. The van der Waals surface area contributed by atoms with E-state index in [1.54, 1.807) is 0 Å². The maximum absolute atomic E-state index is 11.3. The Kier molecular flexibility index (Phi) is 2.34. The summed E-state index contributed by atoms with van der Waals surface area (Å²) in [4.78, 5) is 11.3. The number of amides is 1. The van der Waals surface area contributed by atoms with Gasteiger partial charge >= 0.3 is 0 Å². The van der Waals surface area contributed by atoms with E-state index in [4.69, 9.17) is 5.73 Å². The average Bonchev–Trinajstić information content (AvgIpc) is 2.51. The number of nitrogens with two attached hydrogens (primary N) is 1. The Labute approximate surface area is 95.6 Å². The Morgan fingerprint density at radius 3 is 2.62 bits per heavy atom. The zero-order valence-electron chi connectivity index (χ0n) is 9.90. The van der Waals surface area contributed by atoms with Crippen molar-refractivity contribution < 1.29 is 9.37 Å². The fraction of sp³-hybridized carbons (Fsp3) is 0.385. The molecule has 0 spiro atoms. The van der Waals surface area contributed by atoms with Crippen molar-refractivity contribution in [2.45, 2.75) is 32.2 Å². The molecule has 2 N–H and O–H groups in total. The zero-order valence-corrected chi connectivity index (χ0v) is 9.90. The molecular formula is C13H17N2O+. The average molecular weight is 217 g/mol. The number of hydrogen-bond acceptors (Lipinski definition) is 1. The van der Waals surface area contributed by atoms with Crippen LogP contribution < -0.4 is 5.73 Å². The topological polar surface area (TPSA) is 46.1 Å². The summed E-state index contributed by atoms with van der Waals surface area (Å²) in [5.41, 5.74) is 7.64. The smallest absolute Gasteiger partial charge is 0.286 e. The third kappa shape index (κ3) is 1.52. The predicted molar refractivity (Wildman–Crippen MR) is 64.1 cm³/mol. The second-order valence-corrected chi connectivity index (χ2v) is 4.85. The maximum atomic E-state index is 11.3. The van der Waals surface area contributed by atoms with Gasteiger partial charge in [-0.25, -0.2) is 0 Å². The normalized spacial score (nSPS) is 18.8. The van der Waals surface area contributed by atoms with E-state index in [-0.39, 0.29) is 17.4 Å². The monoisotopic (exact) mass is 217 g/mol. The van der Waals surface area contributed by atoms with Crippen molar-refractivity contribution in [3.05, 3.63) is 29.8 Å². The van der Waals surface area contributed by atoms with Crippen molar-refractivity contribution in [1.82, 2.24) is 0 Å². The molecule has 1 heterocycles. The van der Waals surface area contributed by atoms with Crippen LogP contribution in [-0.4, -0.2) is 22.7 Å². The van der Waals surface area contributed by atoms with Crippen molar-refractivity contribution in [2.24, 2.45) is 5.73 Å². The summed E-state index contributed by atoms with van der Waals surface area (Å²) >= 11 is 0. The summed E-state index contributed by atoms with van der Waals surface area (Å²) in [6.45, 7) is 6.11. The largest absolute Gasteiger partial charge is 0.364 e. The minimum absolute atomic E-state index is 0.0414. The second kappa shape index (κ2) is 3.44. The van der Waals surface area contributed by atoms with Crippen LogP contribution in [0.5, 0.6) is 0 Å². The number of fused-ring (bicyclic) bond motifs is 1. The van der Waals surface area contributed by atoms with Crippen LogP contribution in [0.25, 0.3) is 0 Å². The highest BCUT2D eigenvalue weighted by molar-refractivity contribution is 5.82. The molecule has 0 aromatic heterocycles. The standard InChI is InChI=1S/C13H16N2O/c1-9(12(14)16)15-8-13(2,3)10-6-4-5-7-11(10)15/h4-9H,1-3H3,(H-,14,16)/p+1. The summed E-state index contributed by atoms with van der Waals surface area (Å²) in [6, 6.07) is 7.82. The van der Waals surface area contributed by atoms with Crippen LogP contribution in [0.3, 0.4) is 0 Å². The molecule has 2 rings (SSSR count). The quantitative estimate of drug-likeness (QED) is 0.751. The fourth-order valence-corrected chi connectivity index (χ4v) is 2.19. The molecule has 0 aliphatic carbocycles. The molecule has 1 amide bonds. The van der Waals surface area contributed by atoms with Crippen molar-refractivity contribution >= 4 is 17.8 Å². The van der Waals surface area contributed by atoms with Gasteiger partial charge in [0.15, 0.2) is 6.21 Å². The number of rotatable bonds is 2. The highest BCUT2D eigenvalue weighted by Crippen LogP contribution is 2.36. The molecule has 1 unspecified atom stereocenters. The molecule has 3 nitrogen and oxygen atoms in total. The van der Waals surface area contributed by atoms with Crippen molar-refractivity contribution in [2.75, 3.05) is 0 Å². The Morgan fingerprint density at radius 2 is 2.00 bits per heavy atom. The third-order valence-electron chi connectivity index (χ3n) is 3.17. The van der Waals surface area contributed by atoms with E-state index in [1.165, 1.54) is 5.56 Å². The first-order chi connectivity index (χ1) is 7.43. The summed E-state index contributed by atoms with van der Waals surface area (Å²) in [5.74, 6) is -0.302. The molecule has 0 saturated heterocycles. The first-order valence-corrected chi connectivity index (χ1v) is 5.46. The number of benzene rings is 1. The van der Waals surface area contributed by atoms with Crippen LogP contribution in [0.4, 0.5) is 5.69 Å². The van der Waals surface area contributed by atoms with Gasteiger partial charge in [-0.2, -0.15) is 4.58 Å². The van der Waals surface area contributed by atoms with Crippen molar-refractivity contribution in [3.8, 4) is 0 Å². The molecular weight excluding hydrogens is 200 g/mol. The number of carbonyl (C=O) groups excluding carboxylic acids is 1. The molecule has 1 aliphatic heterocycles. The predicted octanol–water partition coefficient (Wildman–Crippen LogP) is 1.57. The van der Waals surface area contributed by atoms with E-state index < -0.39 is 0 Å². The van der Waals surface area contributed by atoms with E-state index in [9.17, 15) is 4.79 Å². The maximum Gasteiger partial charge on any atom is 0.286 e. The van der Waals surface area contributed by atoms with Gasteiger partial charge < -0.3 is 5.73 Å². The summed E-state index contributed by atoms with van der Waals surface area (Å²) < 4.78 is 1.97. The van der Waals surface area contributed by atoms with Crippen LogP contribution in [0.15, 0.2) is 24.3 Å². The Balaban J connectivity index is 2.55. The third-order valence-corrected chi connectivity index (χ3v) is 3.17. The molecule has 1 atom stereocenters. The van der Waals surface area contributed by atoms with Gasteiger partial charge in [0.2, 0.25) is 11.7 Å². The van der Waals surface area contributed by atoms with Gasteiger partial charge in [0.1, 0.15) is 0 Å². The van der Waals surface area contributed by atoms with E-state index in [0.717, 1.165) is 5.69 Å². The number of para-hydroxylation sites is 1. The zero-order chi connectivity index (χ0) is 11.9. The molecule has 3 heteroatoms. The number of carbonyl (C=O) groups is 1. The lowest BCUT2D eigenvalue weighted by atomic mass is 9.87. The van der Waals surface area contributed by atoms with Gasteiger partial charge in [-0.05, 0) is 13.8 Å². The molecule has 1 aliphatic rings. The molecule has 0 bridgehead atoms. The molecule has 0 radical (unpaired) electrons. The van der Waals surface area contributed by atoms with Crippen LogP contribution in [0, 0.1) is 0 Å². The lowest BCUT2D eigenvalue weighted by Crippen LogP contribution is -2.34. The van der Waals surface area contributed by atoms with Gasteiger partial charge in [-0.3, -0.25) is 4.79 Å². The Morgan fingerprint density at radius 1 is 1.38 bits per heavy atom. The number of primary amides is 1. The highest BCUT2D eigenvalue weighted by atomic mass is 16.1. The van der Waals surface area contributed by atoms with Gasteiger partial charge in [0.05, 0.1) is 5.41 Å². The molecule has 16 heavy (non-hydrogen) atoms. The Bertz CT molecular complexity index is 475. The summed E-state index contributed by atoms with van der Waals surface area (Å²) in [7, 11) is 0. The highest BCUT2D eigenvalue weighted by Gasteiger charge is 2.40. The lowest BCUT2D eigenvalue weighted by molar-refractivity contribution is -0.458. The van der Waals surface area contributed by atoms with Crippen LogP contribution in [0.2, 0.25) is 0 Å². The van der Waals surface area contributed by atoms with E-state index >= 15 is 0 Å². The van der Waals surface area contributed by atoms with Gasteiger partial charge in [-0.1, -0.05) is 18.2 Å². The van der Waals surface area contributed by atoms with E-state index in [1.807, 2.05) is 29.7 Å². The van der Waals surface area contributed by atoms with Crippen LogP contribution in [0.1, 0.15) is 26.3 Å². The van der Waals surface area contributed by atoms with E-state index in [0.29, 0.717) is 0 Å². The lowest BCUT2D eigenvalue weighted by Gasteiger charge is -2.09.